The molecule has 2 atom stereocenters. The van der Waals surface area contributed by atoms with Gasteiger partial charge in [0.15, 0.2) is 0 Å². The summed E-state index contributed by atoms with van der Waals surface area (Å²) >= 11 is 0. The summed E-state index contributed by atoms with van der Waals surface area (Å²) in [5.74, 6) is -1.32. The number of carbonyl (C=O) groups is 3. The van der Waals surface area contributed by atoms with Gasteiger partial charge in [-0.25, -0.2) is 4.79 Å². The first-order valence-electron chi connectivity index (χ1n) is 12.4. The van der Waals surface area contributed by atoms with Gasteiger partial charge in [-0.05, 0) is 58.2 Å². The van der Waals surface area contributed by atoms with Gasteiger partial charge in [0.05, 0.1) is 6.61 Å². The van der Waals surface area contributed by atoms with Gasteiger partial charge in [0, 0.05) is 17.8 Å². The average molecular weight is 514 g/mol. The van der Waals surface area contributed by atoms with Crippen LogP contribution < -0.4 is 10.6 Å². The maximum absolute atomic E-state index is 13.8. The fraction of sp³-hybridized carbons (Fsp3) is 0.464. The summed E-state index contributed by atoms with van der Waals surface area (Å²) in [6.45, 7) is 9.99. The van der Waals surface area contributed by atoms with Crippen LogP contribution in [0.25, 0.3) is 0 Å². The van der Waals surface area contributed by atoms with E-state index in [4.69, 9.17) is 4.74 Å². The summed E-state index contributed by atoms with van der Waals surface area (Å²) in [6.07, 6.45) is 0.408. The molecule has 202 valence electrons. The van der Waals surface area contributed by atoms with E-state index in [9.17, 15) is 24.6 Å². The van der Waals surface area contributed by atoms with Crippen molar-refractivity contribution in [1.29, 1.82) is 0 Å². The van der Waals surface area contributed by atoms with Gasteiger partial charge < -0.3 is 30.5 Å². The molecule has 9 heteroatoms. The lowest BCUT2D eigenvalue weighted by Gasteiger charge is -2.34. The lowest BCUT2D eigenvalue weighted by molar-refractivity contribution is -0.141. The van der Waals surface area contributed by atoms with Gasteiger partial charge in [-0.1, -0.05) is 49.7 Å². The number of alkyl carbamates (subject to hydrolysis) is 1. The number of benzene rings is 2. The molecule has 0 saturated heterocycles. The number of para-hydroxylation sites is 2. The second-order valence-electron chi connectivity index (χ2n) is 9.99. The zero-order valence-corrected chi connectivity index (χ0v) is 22.5. The number of hydrogen-bond donors (Lipinski definition) is 4. The molecule has 2 rings (SSSR count). The van der Waals surface area contributed by atoms with E-state index in [1.807, 2.05) is 26.0 Å². The molecule has 0 bridgehead atoms. The Bertz CT molecular complexity index is 1100. The molecule has 9 nitrogen and oxygen atoms in total. The van der Waals surface area contributed by atoms with Crippen molar-refractivity contribution in [1.82, 2.24) is 10.2 Å². The second-order valence-corrected chi connectivity index (χ2v) is 9.99. The minimum absolute atomic E-state index is 0.109. The number of ether oxygens (including phenoxy) is 1. The number of hydrogen-bond acceptors (Lipinski definition) is 6. The quantitative estimate of drug-likeness (QED) is 0.377. The van der Waals surface area contributed by atoms with E-state index < -0.39 is 42.2 Å². The number of nitrogens with zero attached hydrogens (tertiary/aromatic N) is 1. The SMILES string of the molecule is CCCCN(C(=O)C(CO)NC(=O)OC(C)(C)C)C(C(=O)Nc1ccccc1C)c1cccc(C)c1O. The highest BCUT2D eigenvalue weighted by atomic mass is 16.6. The van der Waals surface area contributed by atoms with E-state index in [1.165, 1.54) is 4.90 Å². The van der Waals surface area contributed by atoms with Crippen LogP contribution in [0.2, 0.25) is 0 Å². The predicted octanol–water partition coefficient (Wildman–Crippen LogP) is 4.20. The minimum Gasteiger partial charge on any atom is -0.507 e. The molecule has 3 amide bonds. The van der Waals surface area contributed by atoms with Crippen molar-refractivity contribution >= 4 is 23.6 Å². The van der Waals surface area contributed by atoms with Crippen LogP contribution in [0.4, 0.5) is 10.5 Å². The van der Waals surface area contributed by atoms with E-state index in [2.05, 4.69) is 10.6 Å². The van der Waals surface area contributed by atoms with Crippen molar-refractivity contribution < 1.29 is 29.3 Å². The van der Waals surface area contributed by atoms with Crippen molar-refractivity contribution in [3.05, 3.63) is 59.2 Å². The highest BCUT2D eigenvalue weighted by Crippen LogP contribution is 2.33. The van der Waals surface area contributed by atoms with Crippen LogP contribution in [-0.2, 0) is 14.3 Å². The number of aliphatic hydroxyl groups excluding tert-OH is 1. The average Bonchev–Trinajstić information content (AvgIpc) is 2.82. The molecule has 0 fully saturated rings. The number of amides is 3. The Balaban J connectivity index is 2.53. The monoisotopic (exact) mass is 513 g/mol. The van der Waals surface area contributed by atoms with Crippen molar-refractivity contribution in [2.45, 2.75) is 72.1 Å². The lowest BCUT2D eigenvalue weighted by Crippen LogP contribution is -2.54. The Kier molecular flexibility index (Phi) is 10.5. The highest BCUT2D eigenvalue weighted by Gasteiger charge is 2.37. The maximum Gasteiger partial charge on any atom is 0.408 e. The molecule has 37 heavy (non-hydrogen) atoms. The fourth-order valence-corrected chi connectivity index (χ4v) is 3.80. The number of phenols is 1. The molecule has 4 N–H and O–H groups in total. The molecule has 0 spiro atoms. The van der Waals surface area contributed by atoms with Crippen molar-refractivity contribution in [3.63, 3.8) is 0 Å². The van der Waals surface area contributed by atoms with E-state index in [-0.39, 0.29) is 17.9 Å². The van der Waals surface area contributed by atoms with Crippen LogP contribution in [0, 0.1) is 13.8 Å². The Morgan fingerprint density at radius 1 is 1.03 bits per heavy atom. The minimum atomic E-state index is -1.35. The van der Waals surface area contributed by atoms with Gasteiger partial charge in [-0.2, -0.15) is 0 Å². The number of rotatable bonds is 10. The van der Waals surface area contributed by atoms with Crippen molar-refractivity contribution in [2.75, 3.05) is 18.5 Å². The first-order chi connectivity index (χ1) is 17.4. The van der Waals surface area contributed by atoms with Crippen LogP contribution >= 0.6 is 0 Å². The Labute approximate surface area is 218 Å². The normalized spacial score (nSPS) is 12.8. The number of aliphatic hydroxyl groups is 1. The Hall–Kier alpha value is -3.59. The molecule has 0 aliphatic rings. The molecule has 0 heterocycles. The van der Waals surface area contributed by atoms with Gasteiger partial charge in [-0.15, -0.1) is 0 Å². The molecule has 2 aromatic carbocycles. The largest absolute Gasteiger partial charge is 0.507 e. The summed E-state index contributed by atoms with van der Waals surface area (Å²) in [5.41, 5.74) is 1.37. The van der Waals surface area contributed by atoms with Crippen LogP contribution in [0.15, 0.2) is 42.5 Å². The topological polar surface area (TPSA) is 128 Å². The van der Waals surface area contributed by atoms with Crippen LogP contribution in [0.3, 0.4) is 0 Å². The van der Waals surface area contributed by atoms with Gasteiger partial charge in [-0.3, -0.25) is 9.59 Å². The Morgan fingerprint density at radius 3 is 2.27 bits per heavy atom. The molecule has 0 saturated carbocycles. The summed E-state index contributed by atoms with van der Waals surface area (Å²) < 4.78 is 5.25. The third-order valence-electron chi connectivity index (χ3n) is 5.73. The fourth-order valence-electron chi connectivity index (χ4n) is 3.80. The molecule has 2 unspecified atom stereocenters. The van der Waals surface area contributed by atoms with E-state index in [0.717, 1.165) is 12.0 Å². The van der Waals surface area contributed by atoms with Crippen LogP contribution in [0.5, 0.6) is 5.75 Å². The maximum atomic E-state index is 13.8. The molecular formula is C28H39N3O6. The molecule has 2 aromatic rings. The third-order valence-corrected chi connectivity index (χ3v) is 5.73. The summed E-state index contributed by atoms with van der Waals surface area (Å²) in [7, 11) is 0. The van der Waals surface area contributed by atoms with Crippen LogP contribution in [0.1, 0.15) is 63.3 Å². The number of unbranched alkanes of at least 4 members (excludes halogenated alkanes) is 1. The third kappa shape index (κ3) is 8.21. The van der Waals surface area contributed by atoms with E-state index in [0.29, 0.717) is 17.7 Å². The summed E-state index contributed by atoms with van der Waals surface area (Å²) in [6, 6.07) is 9.64. The number of nitrogens with one attached hydrogen (secondary N) is 2. The Morgan fingerprint density at radius 2 is 1.68 bits per heavy atom. The molecular weight excluding hydrogens is 474 g/mol. The van der Waals surface area contributed by atoms with E-state index in [1.54, 1.807) is 58.0 Å². The summed E-state index contributed by atoms with van der Waals surface area (Å²) in [4.78, 5) is 41.2. The second kappa shape index (κ2) is 13.1. The van der Waals surface area contributed by atoms with Crippen molar-refractivity contribution in [2.24, 2.45) is 0 Å². The van der Waals surface area contributed by atoms with Gasteiger partial charge >= 0.3 is 6.09 Å². The highest BCUT2D eigenvalue weighted by molar-refractivity contribution is 5.99. The van der Waals surface area contributed by atoms with Gasteiger partial charge in [0.25, 0.3) is 5.91 Å². The standard InChI is InChI=1S/C28H39N3O6/c1-7-8-16-31(26(35)22(17-32)30-27(36)37-28(4,5)6)23(20-14-11-13-19(3)24(20)33)25(34)29-21-15-10-9-12-18(21)2/h9-15,22-23,32-33H,7-8,16-17H2,1-6H3,(H,29,34)(H,30,36). The van der Waals surface area contributed by atoms with Gasteiger partial charge in [0.1, 0.15) is 23.4 Å². The number of aryl methyl sites for hydroxylation is 2. The zero-order chi connectivity index (χ0) is 27.8. The number of carbonyl (C=O) groups excluding carboxylic acids is 3. The zero-order valence-electron chi connectivity index (χ0n) is 22.5. The molecule has 0 aliphatic carbocycles. The molecule has 0 aliphatic heterocycles. The molecule has 0 aromatic heterocycles. The predicted molar refractivity (Wildman–Crippen MR) is 142 cm³/mol. The smallest absolute Gasteiger partial charge is 0.408 e. The number of phenolic OH excluding ortho intramolecular Hbond substituents is 1. The first-order valence-corrected chi connectivity index (χ1v) is 12.4. The van der Waals surface area contributed by atoms with Gasteiger partial charge in [0.2, 0.25) is 5.91 Å². The number of aromatic hydroxyl groups is 1. The first kappa shape index (κ1) is 29.6. The van der Waals surface area contributed by atoms with Crippen molar-refractivity contribution in [3.8, 4) is 5.75 Å². The molecule has 0 radical (unpaired) electrons. The van der Waals surface area contributed by atoms with E-state index >= 15 is 0 Å². The summed E-state index contributed by atoms with van der Waals surface area (Å²) in [5, 5.41) is 26.2. The number of anilines is 1. The lowest BCUT2D eigenvalue weighted by atomic mass is 9.98. The van der Waals surface area contributed by atoms with Crippen LogP contribution in [-0.4, -0.2) is 57.8 Å².